The molecule has 0 saturated carbocycles. The number of aryl methyl sites for hydroxylation is 1. The Hall–Kier alpha value is -2.89. The minimum atomic E-state index is -0.615. The van der Waals surface area contributed by atoms with Gasteiger partial charge in [-0.05, 0) is 24.0 Å². The summed E-state index contributed by atoms with van der Waals surface area (Å²) in [6, 6.07) is 8.55. The summed E-state index contributed by atoms with van der Waals surface area (Å²) in [5.74, 6) is -0.446. The number of hydrogen-bond donors (Lipinski definition) is 1. The van der Waals surface area contributed by atoms with E-state index in [1.807, 2.05) is 52.0 Å². The molecule has 1 fully saturated rings. The van der Waals surface area contributed by atoms with Gasteiger partial charge in [-0.25, -0.2) is 9.18 Å². The molecule has 3 amide bonds. The number of nitrogens with zero attached hydrogens (tertiary/aromatic N) is 1. The molecule has 2 aromatic carbocycles. The molecule has 5 nitrogen and oxygen atoms in total. The van der Waals surface area contributed by atoms with E-state index < -0.39 is 11.8 Å². The summed E-state index contributed by atoms with van der Waals surface area (Å²) in [5.41, 5.74) is 2.56. The average Bonchev–Trinajstić information content (AvgIpc) is 2.60. The van der Waals surface area contributed by atoms with Crippen LogP contribution in [0, 0.1) is 12.7 Å². The molecule has 0 unspecified atom stereocenters. The molecule has 6 heteroatoms. The van der Waals surface area contributed by atoms with Crippen molar-refractivity contribution in [2.45, 2.75) is 39.5 Å². The number of anilines is 1. The molecule has 1 heterocycles. The molecular weight excluding hydrogens is 359 g/mol. The van der Waals surface area contributed by atoms with Gasteiger partial charge in [0.1, 0.15) is 5.75 Å². The van der Waals surface area contributed by atoms with Crippen LogP contribution in [-0.2, 0) is 10.2 Å². The predicted octanol–water partition coefficient (Wildman–Crippen LogP) is 4.55. The first-order chi connectivity index (χ1) is 13.1. The van der Waals surface area contributed by atoms with E-state index in [1.165, 1.54) is 12.0 Å². The van der Waals surface area contributed by atoms with Gasteiger partial charge < -0.3 is 4.74 Å². The Bertz CT molecular complexity index is 948. The van der Waals surface area contributed by atoms with Crippen molar-refractivity contribution in [2.75, 3.05) is 18.6 Å². The van der Waals surface area contributed by atoms with Crippen LogP contribution in [0.1, 0.15) is 38.3 Å². The van der Waals surface area contributed by atoms with Crippen LogP contribution in [0.25, 0.3) is 11.1 Å². The van der Waals surface area contributed by atoms with Crippen molar-refractivity contribution in [3.63, 3.8) is 0 Å². The summed E-state index contributed by atoms with van der Waals surface area (Å²) in [7, 11) is 1.52. The molecule has 0 spiro atoms. The van der Waals surface area contributed by atoms with E-state index in [1.54, 1.807) is 6.07 Å². The fourth-order valence-electron chi connectivity index (χ4n) is 3.45. The molecule has 148 valence electrons. The number of amides is 3. The van der Waals surface area contributed by atoms with Gasteiger partial charge in [0.25, 0.3) is 0 Å². The third kappa shape index (κ3) is 3.59. The largest absolute Gasteiger partial charge is 0.496 e. The SMILES string of the molecule is COc1c(C(C)(C)C)cc(N2CCC(=O)NC2=O)c(F)c1-c1cccc(C)c1. The Morgan fingerprint density at radius 2 is 1.89 bits per heavy atom. The highest BCUT2D eigenvalue weighted by Gasteiger charge is 2.32. The summed E-state index contributed by atoms with van der Waals surface area (Å²) in [4.78, 5) is 25.2. The number of hydrogen-bond acceptors (Lipinski definition) is 3. The molecule has 1 saturated heterocycles. The van der Waals surface area contributed by atoms with Gasteiger partial charge in [-0.2, -0.15) is 0 Å². The van der Waals surface area contributed by atoms with Crippen molar-refractivity contribution in [3.05, 3.63) is 47.3 Å². The lowest BCUT2D eigenvalue weighted by Crippen LogP contribution is -2.50. The second-order valence-corrected chi connectivity index (χ2v) is 8.04. The summed E-state index contributed by atoms with van der Waals surface area (Å²) in [6.07, 6.45) is 0.127. The van der Waals surface area contributed by atoms with Gasteiger partial charge in [0.15, 0.2) is 5.82 Å². The van der Waals surface area contributed by atoms with E-state index in [9.17, 15) is 9.59 Å². The van der Waals surface area contributed by atoms with Crippen molar-refractivity contribution >= 4 is 17.6 Å². The van der Waals surface area contributed by atoms with Crippen LogP contribution in [0.4, 0.5) is 14.9 Å². The monoisotopic (exact) mass is 384 g/mol. The van der Waals surface area contributed by atoms with Crippen LogP contribution in [-0.4, -0.2) is 25.6 Å². The van der Waals surface area contributed by atoms with E-state index >= 15 is 4.39 Å². The molecule has 0 aliphatic carbocycles. The Morgan fingerprint density at radius 1 is 1.18 bits per heavy atom. The molecular formula is C22H25FN2O3. The first kappa shape index (κ1) is 19.9. The maximum absolute atomic E-state index is 15.8. The highest BCUT2D eigenvalue weighted by Crippen LogP contribution is 2.45. The van der Waals surface area contributed by atoms with E-state index in [4.69, 9.17) is 4.74 Å². The number of benzene rings is 2. The smallest absolute Gasteiger partial charge is 0.328 e. The van der Waals surface area contributed by atoms with Gasteiger partial charge in [0.05, 0.1) is 18.4 Å². The topological polar surface area (TPSA) is 58.6 Å². The minimum absolute atomic E-state index is 0.127. The number of carbonyl (C=O) groups excluding carboxylic acids is 2. The Morgan fingerprint density at radius 3 is 2.46 bits per heavy atom. The lowest BCUT2D eigenvalue weighted by atomic mass is 9.83. The third-order valence-corrected chi connectivity index (χ3v) is 4.86. The van der Waals surface area contributed by atoms with E-state index in [0.717, 1.165) is 11.1 Å². The molecule has 1 N–H and O–H groups in total. The van der Waals surface area contributed by atoms with Crippen LogP contribution in [0.15, 0.2) is 30.3 Å². The summed E-state index contributed by atoms with van der Waals surface area (Å²) in [6.45, 7) is 8.09. The third-order valence-electron chi connectivity index (χ3n) is 4.86. The molecule has 0 bridgehead atoms. The quantitative estimate of drug-likeness (QED) is 0.844. The second kappa shape index (κ2) is 7.26. The van der Waals surface area contributed by atoms with Crippen molar-refractivity contribution < 1.29 is 18.7 Å². The van der Waals surface area contributed by atoms with Gasteiger partial charge in [-0.15, -0.1) is 0 Å². The number of urea groups is 1. The first-order valence-corrected chi connectivity index (χ1v) is 9.23. The summed E-state index contributed by atoms with van der Waals surface area (Å²) < 4.78 is 21.4. The summed E-state index contributed by atoms with van der Waals surface area (Å²) in [5, 5.41) is 2.26. The number of ether oxygens (including phenoxy) is 1. The lowest BCUT2D eigenvalue weighted by molar-refractivity contribution is -0.120. The zero-order chi connectivity index (χ0) is 20.6. The van der Waals surface area contributed by atoms with Crippen LogP contribution >= 0.6 is 0 Å². The second-order valence-electron chi connectivity index (χ2n) is 8.04. The Kier molecular flexibility index (Phi) is 5.15. The fourth-order valence-corrected chi connectivity index (χ4v) is 3.45. The molecule has 1 aliphatic heterocycles. The van der Waals surface area contributed by atoms with Crippen molar-refractivity contribution in [2.24, 2.45) is 0 Å². The first-order valence-electron chi connectivity index (χ1n) is 9.23. The Balaban J connectivity index is 2.31. The van der Waals surface area contributed by atoms with Crippen molar-refractivity contribution in [1.29, 1.82) is 0 Å². The van der Waals surface area contributed by atoms with Gasteiger partial charge >= 0.3 is 6.03 Å². The number of methoxy groups -OCH3 is 1. The van der Waals surface area contributed by atoms with Crippen LogP contribution in [0.3, 0.4) is 0 Å². The van der Waals surface area contributed by atoms with E-state index in [-0.39, 0.29) is 30.0 Å². The molecule has 2 aromatic rings. The van der Waals surface area contributed by atoms with Gasteiger partial charge in [-0.1, -0.05) is 50.6 Å². The number of halogens is 1. The number of imide groups is 1. The molecule has 28 heavy (non-hydrogen) atoms. The molecule has 1 aliphatic rings. The zero-order valence-electron chi connectivity index (χ0n) is 16.9. The predicted molar refractivity (Wildman–Crippen MR) is 107 cm³/mol. The standard InChI is InChI=1S/C22H25FN2O3/c1-13-7-6-8-14(11-13)18-19(23)16(25-10-9-17(26)24-21(25)27)12-15(20(18)28-5)22(2,3)4/h6-8,11-12H,9-10H2,1-5H3,(H,24,26,27). The number of rotatable bonds is 3. The summed E-state index contributed by atoms with van der Waals surface area (Å²) >= 11 is 0. The molecule has 0 radical (unpaired) electrons. The van der Waals surface area contributed by atoms with Crippen molar-refractivity contribution in [1.82, 2.24) is 5.32 Å². The van der Waals surface area contributed by atoms with Gasteiger partial charge in [0, 0.05) is 18.5 Å². The van der Waals surface area contributed by atoms with Gasteiger partial charge in [0.2, 0.25) is 5.91 Å². The Labute approximate surface area is 164 Å². The maximum Gasteiger partial charge on any atom is 0.328 e. The van der Waals surface area contributed by atoms with Crippen molar-refractivity contribution in [3.8, 4) is 16.9 Å². The lowest BCUT2D eigenvalue weighted by Gasteiger charge is -2.31. The molecule has 3 rings (SSSR count). The maximum atomic E-state index is 15.8. The number of nitrogens with one attached hydrogen (secondary N) is 1. The zero-order valence-corrected chi connectivity index (χ0v) is 16.9. The molecule has 0 aromatic heterocycles. The highest BCUT2D eigenvalue weighted by atomic mass is 19.1. The van der Waals surface area contributed by atoms with Gasteiger partial charge in [-0.3, -0.25) is 15.0 Å². The van der Waals surface area contributed by atoms with Crippen LogP contribution in [0.5, 0.6) is 5.75 Å². The van der Waals surface area contributed by atoms with Crippen LogP contribution < -0.4 is 15.0 Å². The van der Waals surface area contributed by atoms with Crippen LogP contribution in [0.2, 0.25) is 0 Å². The van der Waals surface area contributed by atoms with E-state index in [0.29, 0.717) is 16.9 Å². The normalized spacial score (nSPS) is 14.9. The van der Waals surface area contributed by atoms with E-state index in [2.05, 4.69) is 5.32 Å². The average molecular weight is 384 g/mol. The number of carbonyl (C=O) groups is 2. The fraction of sp³-hybridized carbons (Fsp3) is 0.364. The molecule has 0 atom stereocenters. The minimum Gasteiger partial charge on any atom is -0.496 e. The highest BCUT2D eigenvalue weighted by molar-refractivity contribution is 6.06.